The summed E-state index contributed by atoms with van der Waals surface area (Å²) >= 11 is 0. The molecule has 0 radical (unpaired) electrons. The Hall–Kier alpha value is -1.56. The van der Waals surface area contributed by atoms with Gasteiger partial charge in [-0.2, -0.15) is 0 Å². The highest BCUT2D eigenvalue weighted by Gasteiger charge is 2.83. The fraction of sp³-hybridized carbons (Fsp3) is 0.867. The Kier molecular flexibility index (Phi) is 7.15. The molecular weight excluding hydrogens is 520 g/mol. The monoisotopic (exact) mass is 564 g/mol. The predicted octanol–water partition coefficient (Wildman–Crippen LogP) is 2.67. The number of carbonyl (C=O) groups is 2. The van der Waals surface area contributed by atoms with E-state index in [2.05, 4.69) is 6.58 Å². The largest absolute Gasteiger partial charge is 0.469 e. The van der Waals surface area contributed by atoms with Crippen LogP contribution in [0.4, 0.5) is 0 Å². The van der Waals surface area contributed by atoms with E-state index in [1.54, 1.807) is 28.4 Å². The van der Waals surface area contributed by atoms with Gasteiger partial charge in [-0.3, -0.25) is 9.59 Å². The van der Waals surface area contributed by atoms with E-state index in [4.69, 9.17) is 37.9 Å². The molecule has 10 nitrogen and oxygen atoms in total. The summed E-state index contributed by atoms with van der Waals surface area (Å²) in [6, 6.07) is 0. The van der Waals surface area contributed by atoms with E-state index in [1.165, 1.54) is 12.7 Å². The molecule has 4 saturated carbocycles. The zero-order valence-electron chi connectivity index (χ0n) is 24.5. The van der Waals surface area contributed by atoms with Gasteiger partial charge in [0.2, 0.25) is 0 Å². The van der Waals surface area contributed by atoms with Crippen LogP contribution in [0, 0.1) is 34.5 Å². The van der Waals surface area contributed by atoms with E-state index in [9.17, 15) is 9.59 Å². The molecule has 1 spiro atoms. The lowest BCUT2D eigenvalue weighted by molar-refractivity contribution is -0.331. The first kappa shape index (κ1) is 28.6. The molecule has 0 N–H and O–H groups in total. The molecule has 40 heavy (non-hydrogen) atoms. The highest BCUT2D eigenvalue weighted by atomic mass is 16.7. The van der Waals surface area contributed by atoms with Crippen molar-refractivity contribution in [2.45, 2.75) is 87.9 Å². The van der Waals surface area contributed by atoms with Crippen LogP contribution in [0.1, 0.15) is 45.4 Å². The molecule has 0 aromatic carbocycles. The smallest absolute Gasteiger partial charge is 0.315 e. The molecule has 6 fully saturated rings. The molecule has 13 atom stereocenters. The summed E-state index contributed by atoms with van der Waals surface area (Å²) in [6.07, 6.45) is 1.42. The molecule has 0 aromatic heterocycles. The van der Waals surface area contributed by atoms with Gasteiger partial charge in [0.25, 0.3) is 0 Å². The number of allylic oxidation sites excluding steroid dienone is 1. The first-order valence-corrected chi connectivity index (χ1v) is 14.5. The molecular formula is C30H44O10. The topological polar surface area (TPSA) is 108 Å². The zero-order chi connectivity index (χ0) is 28.6. The molecule has 2 heterocycles. The third-order valence-electron chi connectivity index (χ3n) is 11.7. The van der Waals surface area contributed by atoms with E-state index < -0.39 is 53.7 Å². The van der Waals surface area contributed by atoms with Gasteiger partial charge in [0, 0.05) is 40.3 Å². The summed E-state index contributed by atoms with van der Waals surface area (Å²) in [7, 11) is 7.82. The predicted molar refractivity (Wildman–Crippen MR) is 140 cm³/mol. The van der Waals surface area contributed by atoms with Crippen molar-refractivity contribution in [2.24, 2.45) is 34.5 Å². The molecule has 2 aliphatic heterocycles. The molecule has 6 rings (SSSR count). The summed E-state index contributed by atoms with van der Waals surface area (Å²) in [5.41, 5.74) is -0.862. The van der Waals surface area contributed by atoms with Crippen LogP contribution in [0.2, 0.25) is 0 Å². The van der Waals surface area contributed by atoms with Gasteiger partial charge in [-0.05, 0) is 56.8 Å². The van der Waals surface area contributed by atoms with Crippen molar-refractivity contribution in [1.82, 2.24) is 0 Å². The van der Waals surface area contributed by atoms with Gasteiger partial charge >= 0.3 is 11.9 Å². The average molecular weight is 565 g/mol. The van der Waals surface area contributed by atoms with Gasteiger partial charge in [-0.15, -0.1) is 0 Å². The maximum Gasteiger partial charge on any atom is 0.315 e. The average Bonchev–Trinajstić information content (AvgIpc) is 3.41. The number of methoxy groups -OCH3 is 5. The van der Waals surface area contributed by atoms with Crippen molar-refractivity contribution in [3.8, 4) is 0 Å². The lowest BCUT2D eigenvalue weighted by Crippen LogP contribution is -2.63. The number of carbonyl (C=O) groups excluding carboxylic acids is 2. The molecule has 2 saturated heterocycles. The van der Waals surface area contributed by atoms with Crippen LogP contribution in [0.15, 0.2) is 12.2 Å². The summed E-state index contributed by atoms with van der Waals surface area (Å²) in [6.45, 7) is 6.58. The van der Waals surface area contributed by atoms with Crippen molar-refractivity contribution >= 4 is 11.9 Å². The molecule has 4 bridgehead atoms. The van der Waals surface area contributed by atoms with Gasteiger partial charge in [-0.25, -0.2) is 0 Å². The Bertz CT molecular complexity index is 1050. The van der Waals surface area contributed by atoms with Gasteiger partial charge in [0.1, 0.15) is 30.0 Å². The van der Waals surface area contributed by atoms with E-state index in [0.717, 1.165) is 25.7 Å². The normalized spacial score (nSPS) is 50.9. The Morgan fingerprint density at radius 1 is 1.02 bits per heavy atom. The minimum atomic E-state index is -1.07. The van der Waals surface area contributed by atoms with E-state index in [0.29, 0.717) is 18.8 Å². The molecule has 6 aliphatic rings. The molecule has 4 aliphatic carbocycles. The summed E-state index contributed by atoms with van der Waals surface area (Å²) in [5, 5.41) is 0. The summed E-state index contributed by atoms with van der Waals surface area (Å²) < 4.78 is 47.9. The van der Waals surface area contributed by atoms with Crippen LogP contribution in [0.3, 0.4) is 0 Å². The zero-order valence-corrected chi connectivity index (χ0v) is 24.5. The molecule has 10 heteroatoms. The van der Waals surface area contributed by atoms with Crippen molar-refractivity contribution in [3.05, 3.63) is 12.2 Å². The number of hydrogen-bond donors (Lipinski definition) is 0. The number of esters is 2. The third-order valence-corrected chi connectivity index (χ3v) is 11.7. The molecule has 224 valence electrons. The van der Waals surface area contributed by atoms with Crippen molar-refractivity contribution < 1.29 is 47.5 Å². The van der Waals surface area contributed by atoms with Crippen molar-refractivity contribution in [3.63, 3.8) is 0 Å². The lowest BCUT2D eigenvalue weighted by Gasteiger charge is -2.49. The SMILES string of the molecule is C=C1C[C@]23CC1CC[C@H]2[C@@]12CC[C@H](O[C@@H]4O[C@H](COC)[C@@H](OC)[C@H](OC)[C@H]4OC)C(C)(C(=O)O1)[C@H]2[C@@H]3C(=O)OC. The third kappa shape index (κ3) is 3.56. The fourth-order valence-corrected chi connectivity index (χ4v) is 10.2. The van der Waals surface area contributed by atoms with Crippen LogP contribution >= 0.6 is 0 Å². The number of hydrogen-bond acceptors (Lipinski definition) is 10. The van der Waals surface area contributed by atoms with Gasteiger partial charge < -0.3 is 37.9 Å². The molecule has 0 amide bonds. The van der Waals surface area contributed by atoms with E-state index in [-0.39, 0.29) is 35.8 Å². The Labute approximate surface area is 236 Å². The lowest BCUT2D eigenvalue weighted by atomic mass is 9.58. The number of rotatable bonds is 8. The molecule has 0 aromatic rings. The standard InChI is InChI=1S/C30H44O10/c1-15-12-29-13-16(15)8-9-18(29)30-11-10-19(28(2,27(32)40-30)24(30)20(29)25(31)37-7)39-26-23(36-6)22(35-5)21(34-4)17(38-26)14-33-3/h16-24,26H,1,8-14H2,2-7H3/t16?,17-,18-,19+,20-,21-,22+,23-,24-,26+,28?,29+,30-/m1/s1. The Morgan fingerprint density at radius 2 is 1.75 bits per heavy atom. The van der Waals surface area contributed by atoms with E-state index >= 15 is 0 Å². The number of fused-ring (bicyclic) bond motifs is 1. The minimum Gasteiger partial charge on any atom is -0.469 e. The van der Waals surface area contributed by atoms with Crippen molar-refractivity contribution in [2.75, 3.05) is 42.2 Å². The molecule has 2 unspecified atom stereocenters. The summed E-state index contributed by atoms with van der Waals surface area (Å²) in [5.74, 6) is -0.894. The van der Waals surface area contributed by atoms with Crippen LogP contribution in [0.5, 0.6) is 0 Å². The summed E-state index contributed by atoms with van der Waals surface area (Å²) in [4.78, 5) is 27.7. The van der Waals surface area contributed by atoms with Gasteiger partial charge in [-0.1, -0.05) is 12.2 Å². The van der Waals surface area contributed by atoms with Crippen molar-refractivity contribution in [1.29, 1.82) is 0 Å². The quantitative estimate of drug-likeness (QED) is 0.323. The minimum absolute atomic E-state index is 0.0976. The maximum atomic E-state index is 14.0. The second-order valence-corrected chi connectivity index (χ2v) is 13.0. The van der Waals surface area contributed by atoms with Crippen LogP contribution in [0.25, 0.3) is 0 Å². The van der Waals surface area contributed by atoms with Crippen LogP contribution < -0.4 is 0 Å². The van der Waals surface area contributed by atoms with Gasteiger partial charge in [0.05, 0.1) is 31.2 Å². The maximum absolute atomic E-state index is 14.0. The first-order chi connectivity index (χ1) is 19.2. The highest BCUT2D eigenvalue weighted by molar-refractivity contribution is 5.86. The fourth-order valence-electron chi connectivity index (χ4n) is 10.2. The Balaban J connectivity index is 1.37. The highest BCUT2D eigenvalue weighted by Crippen LogP contribution is 2.78. The van der Waals surface area contributed by atoms with Crippen LogP contribution in [-0.4, -0.2) is 96.5 Å². The number of ether oxygens (including phenoxy) is 8. The second kappa shape index (κ2) is 10.0. The second-order valence-electron chi connectivity index (χ2n) is 13.0. The van der Waals surface area contributed by atoms with Crippen LogP contribution in [-0.2, 0) is 47.5 Å². The van der Waals surface area contributed by atoms with Gasteiger partial charge in [0.15, 0.2) is 6.29 Å². The van der Waals surface area contributed by atoms with E-state index in [1.807, 2.05) is 6.92 Å². The Morgan fingerprint density at radius 3 is 2.40 bits per heavy atom. The first-order valence-electron chi connectivity index (χ1n) is 14.5.